The molecular formula is C21H37Cl2N3O. The van der Waals surface area contributed by atoms with Gasteiger partial charge in [0.25, 0.3) is 0 Å². The first-order valence-electron chi connectivity index (χ1n) is 11.0. The van der Waals surface area contributed by atoms with E-state index in [9.17, 15) is 4.79 Å². The third kappa shape index (κ3) is 6.22. The molecule has 27 heavy (non-hydrogen) atoms. The molecule has 4 nitrogen and oxygen atoms in total. The molecular weight excluding hydrogens is 381 g/mol. The van der Waals surface area contributed by atoms with Crippen LogP contribution >= 0.6 is 23.2 Å². The molecule has 0 bridgehead atoms. The van der Waals surface area contributed by atoms with Crippen LogP contribution in [0, 0.1) is 11.8 Å². The molecule has 1 N–H and O–H groups in total. The summed E-state index contributed by atoms with van der Waals surface area (Å²) in [5.41, 5.74) is 0. The number of rotatable bonds is 6. The molecule has 6 heteroatoms. The number of hydrogen-bond acceptors (Lipinski definition) is 3. The number of piperazine rings is 1. The van der Waals surface area contributed by atoms with Crippen molar-refractivity contribution < 1.29 is 4.79 Å². The topological polar surface area (TPSA) is 35.6 Å². The summed E-state index contributed by atoms with van der Waals surface area (Å²) in [7, 11) is 2.00. The van der Waals surface area contributed by atoms with E-state index in [-0.39, 0.29) is 16.8 Å². The second kappa shape index (κ2) is 10.7. The minimum atomic E-state index is 0.0744. The number of nitrogens with zero attached hydrogens (tertiary/aromatic N) is 2. The molecule has 3 fully saturated rings. The van der Waals surface area contributed by atoms with Gasteiger partial charge in [-0.25, -0.2) is 0 Å². The highest BCUT2D eigenvalue weighted by Crippen LogP contribution is 2.34. The molecule has 0 radical (unpaired) electrons. The van der Waals surface area contributed by atoms with E-state index < -0.39 is 0 Å². The summed E-state index contributed by atoms with van der Waals surface area (Å²) >= 11 is 12.7. The average molecular weight is 418 g/mol. The van der Waals surface area contributed by atoms with Crippen LogP contribution in [0.3, 0.4) is 0 Å². The van der Waals surface area contributed by atoms with Gasteiger partial charge in [-0.15, -0.1) is 23.2 Å². The third-order valence-corrected chi connectivity index (χ3v) is 7.55. The molecule has 3 rings (SSSR count). The van der Waals surface area contributed by atoms with Gasteiger partial charge in [0.1, 0.15) is 0 Å². The fourth-order valence-electron chi connectivity index (χ4n) is 5.30. The van der Waals surface area contributed by atoms with Gasteiger partial charge in [-0.1, -0.05) is 19.3 Å². The van der Waals surface area contributed by atoms with Crippen LogP contribution in [0.5, 0.6) is 0 Å². The lowest BCUT2D eigenvalue weighted by Crippen LogP contribution is -2.57. The molecule has 0 aromatic heterocycles. The van der Waals surface area contributed by atoms with Crippen molar-refractivity contribution in [1.29, 1.82) is 0 Å². The third-order valence-electron chi connectivity index (χ3n) is 6.83. The summed E-state index contributed by atoms with van der Waals surface area (Å²) in [6.45, 7) is 4.80. The molecule has 0 aromatic rings. The Hall–Kier alpha value is -0.0300. The number of amides is 1. The minimum absolute atomic E-state index is 0.0744. The molecule has 3 unspecified atom stereocenters. The second-order valence-corrected chi connectivity index (χ2v) is 10.2. The predicted octanol–water partition coefficient (Wildman–Crippen LogP) is 3.70. The Labute approximate surface area is 175 Å². The molecule has 1 aliphatic heterocycles. The van der Waals surface area contributed by atoms with Crippen molar-refractivity contribution >= 4 is 29.1 Å². The number of hydrogen-bond donors (Lipinski definition) is 1. The maximum Gasteiger partial charge on any atom is 0.239 e. The summed E-state index contributed by atoms with van der Waals surface area (Å²) < 4.78 is 0. The number of alkyl halides is 2. The van der Waals surface area contributed by atoms with Crippen molar-refractivity contribution in [2.24, 2.45) is 11.8 Å². The first kappa shape index (κ1) is 21.7. The highest BCUT2D eigenvalue weighted by molar-refractivity contribution is 6.23. The predicted molar refractivity (Wildman–Crippen MR) is 114 cm³/mol. The van der Waals surface area contributed by atoms with Crippen LogP contribution in [0.4, 0.5) is 0 Å². The fourth-order valence-corrected chi connectivity index (χ4v) is 6.33. The Morgan fingerprint density at radius 1 is 1.07 bits per heavy atom. The van der Waals surface area contributed by atoms with E-state index in [1.807, 2.05) is 11.9 Å². The number of carbonyl (C=O) groups is 1. The SMILES string of the molecule is CN(CCC1CC(Cl)CC(Cl)C1)C(=O)C(C1CCCCC1)N1CCNCC1. The Balaban J connectivity index is 1.58. The minimum Gasteiger partial charge on any atom is -0.344 e. The van der Waals surface area contributed by atoms with Crippen LogP contribution < -0.4 is 5.32 Å². The maximum absolute atomic E-state index is 13.5. The number of carbonyl (C=O) groups excluding carboxylic acids is 1. The first-order chi connectivity index (χ1) is 13.0. The molecule has 2 aliphatic carbocycles. The number of nitrogens with one attached hydrogen (secondary N) is 1. The van der Waals surface area contributed by atoms with Crippen LogP contribution in [0.15, 0.2) is 0 Å². The Kier molecular flexibility index (Phi) is 8.56. The van der Waals surface area contributed by atoms with E-state index in [2.05, 4.69) is 10.2 Å². The lowest BCUT2D eigenvalue weighted by molar-refractivity contribution is -0.139. The van der Waals surface area contributed by atoms with Gasteiger partial charge in [0, 0.05) is 50.5 Å². The summed E-state index contributed by atoms with van der Waals surface area (Å²) in [4.78, 5) is 17.9. The van der Waals surface area contributed by atoms with Crippen molar-refractivity contribution in [3.63, 3.8) is 0 Å². The van der Waals surface area contributed by atoms with Crippen molar-refractivity contribution in [1.82, 2.24) is 15.1 Å². The first-order valence-corrected chi connectivity index (χ1v) is 11.9. The monoisotopic (exact) mass is 417 g/mol. The van der Waals surface area contributed by atoms with Gasteiger partial charge in [-0.2, -0.15) is 0 Å². The van der Waals surface area contributed by atoms with Crippen LogP contribution in [-0.4, -0.2) is 72.3 Å². The zero-order valence-corrected chi connectivity index (χ0v) is 18.4. The van der Waals surface area contributed by atoms with Crippen molar-refractivity contribution in [3.05, 3.63) is 0 Å². The number of likely N-dealkylation sites (N-methyl/N-ethyl adjacent to an activating group) is 1. The van der Waals surface area contributed by atoms with E-state index in [1.165, 1.54) is 32.1 Å². The van der Waals surface area contributed by atoms with Gasteiger partial charge in [0.05, 0.1) is 6.04 Å². The van der Waals surface area contributed by atoms with E-state index in [0.717, 1.165) is 58.4 Å². The fraction of sp³-hybridized carbons (Fsp3) is 0.952. The maximum atomic E-state index is 13.5. The standard InChI is InChI=1S/C21H37Cl2N3O/c1-25(10-7-16-13-18(22)15-19(23)14-16)21(27)20(17-5-3-2-4-6-17)26-11-8-24-9-12-26/h16-20,24H,2-15H2,1H3. The molecule has 0 aromatic carbocycles. The molecule has 2 saturated carbocycles. The number of halogens is 2. The van der Waals surface area contributed by atoms with Crippen molar-refractivity contribution in [2.75, 3.05) is 39.8 Å². The molecule has 0 spiro atoms. The largest absolute Gasteiger partial charge is 0.344 e. The summed E-state index contributed by atoms with van der Waals surface area (Å²) in [6, 6.07) is 0.0744. The van der Waals surface area contributed by atoms with Crippen molar-refractivity contribution in [2.45, 2.75) is 74.6 Å². The van der Waals surface area contributed by atoms with Gasteiger partial charge < -0.3 is 10.2 Å². The van der Waals surface area contributed by atoms with E-state index in [1.54, 1.807) is 0 Å². The molecule has 1 amide bonds. The van der Waals surface area contributed by atoms with Crippen molar-refractivity contribution in [3.8, 4) is 0 Å². The highest BCUT2D eigenvalue weighted by atomic mass is 35.5. The zero-order chi connectivity index (χ0) is 19.2. The summed E-state index contributed by atoms with van der Waals surface area (Å²) in [5, 5.41) is 3.82. The van der Waals surface area contributed by atoms with Gasteiger partial charge in [-0.3, -0.25) is 9.69 Å². The molecule has 1 saturated heterocycles. The molecule has 156 valence electrons. The highest BCUT2D eigenvalue weighted by Gasteiger charge is 2.36. The van der Waals surface area contributed by atoms with Crippen LogP contribution in [0.25, 0.3) is 0 Å². The zero-order valence-electron chi connectivity index (χ0n) is 16.8. The van der Waals surface area contributed by atoms with Gasteiger partial charge in [0.2, 0.25) is 5.91 Å². The Morgan fingerprint density at radius 3 is 2.33 bits per heavy atom. The molecule has 3 aliphatic rings. The Bertz CT molecular complexity index is 438. The lowest BCUT2D eigenvalue weighted by Gasteiger charge is -2.41. The van der Waals surface area contributed by atoms with Crippen LogP contribution in [0.2, 0.25) is 0 Å². The van der Waals surface area contributed by atoms with E-state index in [4.69, 9.17) is 23.2 Å². The van der Waals surface area contributed by atoms with Crippen LogP contribution in [0.1, 0.15) is 57.8 Å². The summed E-state index contributed by atoms with van der Waals surface area (Å²) in [6.07, 6.45) is 10.3. The lowest BCUT2D eigenvalue weighted by atomic mass is 9.82. The van der Waals surface area contributed by atoms with Gasteiger partial charge >= 0.3 is 0 Å². The Morgan fingerprint density at radius 2 is 1.70 bits per heavy atom. The summed E-state index contributed by atoms with van der Waals surface area (Å²) in [5.74, 6) is 1.41. The van der Waals surface area contributed by atoms with Gasteiger partial charge in [-0.05, 0) is 50.4 Å². The normalized spacial score (nSPS) is 32.2. The van der Waals surface area contributed by atoms with E-state index in [0.29, 0.717) is 17.7 Å². The smallest absolute Gasteiger partial charge is 0.239 e. The molecule has 3 atom stereocenters. The molecule has 1 heterocycles. The second-order valence-electron chi connectivity index (χ2n) is 8.95. The average Bonchev–Trinajstić information content (AvgIpc) is 2.67. The quantitative estimate of drug-likeness (QED) is 0.668. The van der Waals surface area contributed by atoms with Gasteiger partial charge in [0.15, 0.2) is 0 Å². The van der Waals surface area contributed by atoms with Crippen LogP contribution in [-0.2, 0) is 4.79 Å². The van der Waals surface area contributed by atoms with E-state index >= 15 is 0 Å².